The van der Waals surface area contributed by atoms with Crippen LogP contribution in [0.25, 0.3) is 6.08 Å². The molecule has 0 spiro atoms. The number of amides is 2. The van der Waals surface area contributed by atoms with Gasteiger partial charge in [0.15, 0.2) is 11.5 Å². The van der Waals surface area contributed by atoms with Crippen molar-refractivity contribution < 1.29 is 14.3 Å². The number of hydrogen-bond acceptors (Lipinski definition) is 3. The number of nitrogens with one attached hydrogen (secondary N) is 1. The largest absolute Gasteiger partial charge is 0.449 e. The van der Waals surface area contributed by atoms with Gasteiger partial charge in [-0.25, -0.2) is 0 Å². The van der Waals surface area contributed by atoms with E-state index in [2.05, 4.69) is 29.6 Å². The van der Waals surface area contributed by atoms with Crippen LogP contribution in [0.3, 0.4) is 0 Å². The Morgan fingerprint density at radius 3 is 2.45 bits per heavy atom. The second kappa shape index (κ2) is 9.30. The predicted octanol–water partition coefficient (Wildman–Crippen LogP) is 4.12. The molecular formula is C26H24N2O3. The number of benzene rings is 3. The van der Waals surface area contributed by atoms with Gasteiger partial charge in [-0.3, -0.25) is 14.5 Å². The SMILES string of the molecule is Cc1ccc(CCNC(=O)CN2C(=O)/C(=C\c3ccccc3)Oc3ccccc32)cc1. The summed E-state index contributed by atoms with van der Waals surface area (Å²) in [7, 11) is 0. The maximum atomic E-state index is 13.1. The van der Waals surface area contributed by atoms with E-state index in [4.69, 9.17) is 4.74 Å². The smallest absolute Gasteiger partial charge is 0.294 e. The maximum absolute atomic E-state index is 13.1. The number of fused-ring (bicyclic) bond motifs is 1. The van der Waals surface area contributed by atoms with Gasteiger partial charge in [0.25, 0.3) is 5.91 Å². The van der Waals surface area contributed by atoms with Crippen molar-refractivity contribution in [1.29, 1.82) is 0 Å². The summed E-state index contributed by atoms with van der Waals surface area (Å²) in [6.45, 7) is 2.48. The van der Waals surface area contributed by atoms with E-state index in [1.165, 1.54) is 10.5 Å². The number of ether oxygens (including phenoxy) is 1. The van der Waals surface area contributed by atoms with Crippen molar-refractivity contribution >= 4 is 23.6 Å². The molecule has 3 aromatic carbocycles. The Bertz CT molecular complexity index is 1110. The van der Waals surface area contributed by atoms with Crippen molar-refractivity contribution in [3.05, 3.63) is 101 Å². The van der Waals surface area contributed by atoms with Gasteiger partial charge in [-0.2, -0.15) is 0 Å². The van der Waals surface area contributed by atoms with Crippen LogP contribution in [0.1, 0.15) is 16.7 Å². The van der Waals surface area contributed by atoms with Crippen LogP contribution in [0.4, 0.5) is 5.69 Å². The van der Waals surface area contributed by atoms with Crippen molar-refractivity contribution in [2.45, 2.75) is 13.3 Å². The summed E-state index contributed by atoms with van der Waals surface area (Å²) in [6, 6.07) is 25.0. The molecule has 0 bridgehead atoms. The van der Waals surface area contributed by atoms with Crippen molar-refractivity contribution in [3.8, 4) is 5.75 Å². The minimum Gasteiger partial charge on any atom is -0.449 e. The Morgan fingerprint density at radius 2 is 1.68 bits per heavy atom. The lowest BCUT2D eigenvalue weighted by atomic mass is 10.1. The van der Waals surface area contributed by atoms with Crippen molar-refractivity contribution in [2.24, 2.45) is 0 Å². The average molecular weight is 412 g/mol. The molecule has 0 unspecified atom stereocenters. The average Bonchev–Trinajstić information content (AvgIpc) is 2.79. The molecule has 31 heavy (non-hydrogen) atoms. The third-order valence-electron chi connectivity index (χ3n) is 5.09. The molecule has 0 saturated carbocycles. The van der Waals surface area contributed by atoms with Gasteiger partial charge in [-0.05, 0) is 42.7 Å². The fourth-order valence-corrected chi connectivity index (χ4v) is 3.42. The third-order valence-corrected chi connectivity index (χ3v) is 5.09. The molecule has 0 fully saturated rings. The standard InChI is InChI=1S/C26H24N2O3/c1-19-11-13-20(14-12-19)15-16-27-25(29)18-28-22-9-5-6-10-23(22)31-24(26(28)30)17-21-7-3-2-4-8-21/h2-14,17H,15-16,18H2,1H3,(H,27,29)/b24-17+. The minimum absolute atomic E-state index is 0.0702. The lowest BCUT2D eigenvalue weighted by Gasteiger charge is -2.30. The zero-order valence-electron chi connectivity index (χ0n) is 17.4. The highest BCUT2D eigenvalue weighted by Gasteiger charge is 2.31. The summed E-state index contributed by atoms with van der Waals surface area (Å²) in [6.07, 6.45) is 2.43. The Kier molecular flexibility index (Phi) is 6.13. The molecule has 1 aliphatic rings. The first kappa shape index (κ1) is 20.4. The van der Waals surface area contributed by atoms with Crippen molar-refractivity contribution in [3.63, 3.8) is 0 Å². The molecule has 156 valence electrons. The van der Waals surface area contributed by atoms with E-state index in [0.29, 0.717) is 18.0 Å². The zero-order valence-corrected chi connectivity index (χ0v) is 17.4. The third kappa shape index (κ3) is 5.01. The molecule has 0 saturated heterocycles. The Hall–Kier alpha value is -3.86. The summed E-state index contributed by atoms with van der Waals surface area (Å²) >= 11 is 0. The number of carbonyl (C=O) groups is 2. The first-order valence-electron chi connectivity index (χ1n) is 10.3. The van der Waals surface area contributed by atoms with Crippen molar-refractivity contribution in [2.75, 3.05) is 18.0 Å². The van der Waals surface area contributed by atoms with E-state index in [-0.39, 0.29) is 24.1 Å². The van der Waals surface area contributed by atoms with Crippen LogP contribution in [-0.4, -0.2) is 24.9 Å². The van der Waals surface area contributed by atoms with Crippen LogP contribution < -0.4 is 15.0 Å². The summed E-state index contributed by atoms with van der Waals surface area (Å²) in [4.78, 5) is 27.2. The molecule has 5 nitrogen and oxygen atoms in total. The highest BCUT2D eigenvalue weighted by molar-refractivity contribution is 6.12. The number of aryl methyl sites for hydroxylation is 1. The molecule has 0 atom stereocenters. The topological polar surface area (TPSA) is 58.6 Å². The fourth-order valence-electron chi connectivity index (χ4n) is 3.42. The van der Waals surface area contributed by atoms with Gasteiger partial charge in [0.2, 0.25) is 5.91 Å². The quantitative estimate of drug-likeness (QED) is 0.620. The molecule has 0 radical (unpaired) electrons. The normalized spacial score (nSPS) is 14.2. The Balaban J connectivity index is 1.46. The molecule has 4 rings (SSSR count). The Morgan fingerprint density at radius 1 is 0.968 bits per heavy atom. The zero-order chi connectivity index (χ0) is 21.6. The first-order valence-corrected chi connectivity index (χ1v) is 10.3. The van der Waals surface area contributed by atoms with Crippen LogP contribution in [0.15, 0.2) is 84.6 Å². The van der Waals surface area contributed by atoms with Gasteiger partial charge in [0, 0.05) is 6.54 Å². The molecule has 5 heteroatoms. The number of para-hydroxylation sites is 2. The predicted molar refractivity (Wildman–Crippen MR) is 122 cm³/mol. The van der Waals surface area contributed by atoms with E-state index in [0.717, 1.165) is 17.5 Å². The molecular weight excluding hydrogens is 388 g/mol. The van der Waals surface area contributed by atoms with Crippen LogP contribution in [0.5, 0.6) is 5.75 Å². The summed E-state index contributed by atoms with van der Waals surface area (Å²) in [5.41, 5.74) is 3.81. The number of rotatable bonds is 6. The second-order valence-corrected chi connectivity index (χ2v) is 7.47. The number of nitrogens with zero attached hydrogens (tertiary/aromatic N) is 1. The lowest BCUT2D eigenvalue weighted by molar-refractivity contribution is -0.123. The lowest BCUT2D eigenvalue weighted by Crippen LogP contribution is -2.44. The van der Waals surface area contributed by atoms with E-state index in [1.54, 1.807) is 18.2 Å². The van der Waals surface area contributed by atoms with Crippen LogP contribution >= 0.6 is 0 Å². The molecule has 0 aliphatic carbocycles. The molecule has 1 N–H and O–H groups in total. The van der Waals surface area contributed by atoms with Gasteiger partial charge in [-0.1, -0.05) is 72.3 Å². The number of anilines is 1. The molecule has 3 aromatic rings. The maximum Gasteiger partial charge on any atom is 0.294 e. The van der Waals surface area contributed by atoms with Crippen LogP contribution in [0.2, 0.25) is 0 Å². The van der Waals surface area contributed by atoms with Gasteiger partial charge in [0.1, 0.15) is 6.54 Å². The number of hydrogen-bond donors (Lipinski definition) is 1. The van der Waals surface area contributed by atoms with Gasteiger partial charge < -0.3 is 10.1 Å². The summed E-state index contributed by atoms with van der Waals surface area (Å²) < 4.78 is 5.85. The highest BCUT2D eigenvalue weighted by Crippen LogP contribution is 2.35. The molecule has 1 heterocycles. The van der Waals surface area contributed by atoms with E-state index in [1.807, 2.05) is 49.4 Å². The fraction of sp³-hybridized carbons (Fsp3) is 0.154. The van der Waals surface area contributed by atoms with E-state index in [9.17, 15) is 9.59 Å². The first-order chi connectivity index (χ1) is 15.1. The van der Waals surface area contributed by atoms with E-state index >= 15 is 0 Å². The molecule has 1 aliphatic heterocycles. The Labute approximate surface area is 182 Å². The van der Waals surface area contributed by atoms with Crippen molar-refractivity contribution in [1.82, 2.24) is 5.32 Å². The van der Waals surface area contributed by atoms with Crippen LogP contribution in [0, 0.1) is 6.92 Å². The monoisotopic (exact) mass is 412 g/mol. The van der Waals surface area contributed by atoms with Gasteiger partial charge >= 0.3 is 0 Å². The molecule has 0 aromatic heterocycles. The van der Waals surface area contributed by atoms with E-state index < -0.39 is 0 Å². The van der Waals surface area contributed by atoms with Gasteiger partial charge in [-0.15, -0.1) is 0 Å². The van der Waals surface area contributed by atoms with Crippen LogP contribution in [-0.2, 0) is 16.0 Å². The molecule has 2 amide bonds. The summed E-state index contributed by atoms with van der Waals surface area (Å²) in [5.74, 6) is 0.196. The van der Waals surface area contributed by atoms with Gasteiger partial charge in [0.05, 0.1) is 5.69 Å². The minimum atomic E-state index is -0.337. The second-order valence-electron chi connectivity index (χ2n) is 7.47. The summed E-state index contributed by atoms with van der Waals surface area (Å²) in [5, 5.41) is 2.92. The number of carbonyl (C=O) groups excluding carboxylic acids is 2. The highest BCUT2D eigenvalue weighted by atomic mass is 16.5.